The highest BCUT2D eigenvalue weighted by atomic mass is 16.5. The number of fused-ring (bicyclic) bond motifs is 2. The lowest BCUT2D eigenvalue weighted by Crippen LogP contribution is -2.52. The van der Waals surface area contributed by atoms with Gasteiger partial charge >= 0.3 is 0 Å². The van der Waals surface area contributed by atoms with Crippen molar-refractivity contribution in [3.05, 3.63) is 76.9 Å². The van der Waals surface area contributed by atoms with Crippen LogP contribution < -0.4 is 4.74 Å². The molecular weight excluding hydrogens is 374 g/mol. The van der Waals surface area contributed by atoms with E-state index in [-0.39, 0.29) is 11.7 Å². The predicted octanol–water partition coefficient (Wildman–Crippen LogP) is 5.10. The Kier molecular flexibility index (Phi) is 4.39. The van der Waals surface area contributed by atoms with E-state index < -0.39 is 5.60 Å². The molecule has 0 aliphatic carbocycles. The molecule has 0 unspecified atom stereocenters. The fourth-order valence-corrected chi connectivity index (χ4v) is 4.73. The third-order valence-corrected chi connectivity index (χ3v) is 6.69. The van der Waals surface area contributed by atoms with Gasteiger partial charge < -0.3 is 9.64 Å². The lowest BCUT2D eigenvalue weighted by Gasteiger charge is -2.44. The number of carbonyl (C=O) groups is 2. The van der Waals surface area contributed by atoms with Crippen LogP contribution in [0.25, 0.3) is 10.8 Å². The van der Waals surface area contributed by atoms with Gasteiger partial charge in [-0.15, -0.1) is 0 Å². The van der Waals surface area contributed by atoms with Crippen molar-refractivity contribution in [3.8, 4) is 5.75 Å². The predicted molar refractivity (Wildman–Crippen MR) is 117 cm³/mol. The first kappa shape index (κ1) is 18.9. The van der Waals surface area contributed by atoms with E-state index in [1.165, 1.54) is 0 Å². The van der Waals surface area contributed by atoms with Gasteiger partial charge in [-0.2, -0.15) is 0 Å². The normalized spacial score (nSPS) is 17.7. The summed E-state index contributed by atoms with van der Waals surface area (Å²) in [6, 6.07) is 17.8. The summed E-state index contributed by atoms with van der Waals surface area (Å²) in [7, 11) is 0. The van der Waals surface area contributed by atoms with Gasteiger partial charge in [0.2, 0.25) is 0 Å². The average Bonchev–Trinajstić information content (AvgIpc) is 2.75. The molecule has 4 heteroatoms. The summed E-state index contributed by atoms with van der Waals surface area (Å²) in [5.41, 5.74) is 3.17. The number of carbonyl (C=O) groups excluding carboxylic acids is 2. The first-order valence-corrected chi connectivity index (χ1v) is 10.6. The van der Waals surface area contributed by atoms with Crippen LogP contribution in [0.5, 0.6) is 5.75 Å². The molecule has 2 aliphatic rings. The van der Waals surface area contributed by atoms with Gasteiger partial charge in [-0.25, -0.2) is 0 Å². The highest BCUT2D eigenvalue weighted by Crippen LogP contribution is 2.40. The molecule has 1 saturated heterocycles. The van der Waals surface area contributed by atoms with Crippen molar-refractivity contribution in [2.75, 3.05) is 13.1 Å². The van der Waals surface area contributed by atoms with Crippen LogP contribution in [-0.2, 0) is 0 Å². The van der Waals surface area contributed by atoms with Crippen molar-refractivity contribution < 1.29 is 14.3 Å². The molecule has 0 radical (unpaired) electrons. The van der Waals surface area contributed by atoms with Crippen molar-refractivity contribution >= 4 is 22.5 Å². The van der Waals surface area contributed by atoms with E-state index in [1.807, 2.05) is 73.3 Å². The minimum atomic E-state index is -0.499. The van der Waals surface area contributed by atoms with E-state index in [0.717, 1.165) is 27.5 Å². The number of hydrogen-bond acceptors (Lipinski definition) is 3. The number of rotatable bonds is 1. The second kappa shape index (κ2) is 6.98. The molecule has 1 amide bonds. The van der Waals surface area contributed by atoms with E-state index in [2.05, 4.69) is 0 Å². The third-order valence-electron chi connectivity index (χ3n) is 6.69. The first-order valence-electron chi connectivity index (χ1n) is 10.6. The van der Waals surface area contributed by atoms with E-state index in [1.54, 1.807) is 0 Å². The number of benzene rings is 3. The summed E-state index contributed by atoms with van der Waals surface area (Å²) in [5.74, 6) is 0.895. The molecule has 1 spiro atoms. The van der Waals surface area contributed by atoms with Crippen molar-refractivity contribution in [2.45, 2.75) is 38.7 Å². The molecule has 152 valence electrons. The quantitative estimate of drug-likeness (QED) is 0.572. The molecule has 0 saturated carbocycles. The summed E-state index contributed by atoms with van der Waals surface area (Å²) < 4.78 is 6.41. The number of likely N-dealkylation sites (tertiary alicyclic amines) is 1. The van der Waals surface area contributed by atoms with Crippen LogP contribution in [0.3, 0.4) is 0 Å². The van der Waals surface area contributed by atoms with E-state index in [0.29, 0.717) is 43.7 Å². The Labute approximate surface area is 176 Å². The number of amides is 1. The maximum Gasteiger partial charge on any atom is 0.254 e. The Morgan fingerprint density at radius 1 is 0.967 bits per heavy atom. The van der Waals surface area contributed by atoms with Crippen molar-refractivity contribution in [1.82, 2.24) is 4.90 Å². The number of Topliss-reactive ketones (excluding diaryl/α,β-unsaturated/α-hetero) is 1. The van der Waals surface area contributed by atoms with E-state index in [4.69, 9.17) is 4.74 Å². The monoisotopic (exact) mass is 399 g/mol. The Balaban J connectivity index is 1.37. The van der Waals surface area contributed by atoms with Crippen molar-refractivity contribution in [1.29, 1.82) is 0 Å². The minimum absolute atomic E-state index is 0.0515. The number of nitrogens with zero attached hydrogens (tertiary/aromatic N) is 1. The molecule has 2 heterocycles. The molecule has 3 aromatic rings. The molecule has 4 nitrogen and oxygen atoms in total. The Morgan fingerprint density at radius 3 is 2.47 bits per heavy atom. The van der Waals surface area contributed by atoms with Gasteiger partial charge in [0.1, 0.15) is 11.4 Å². The fraction of sp³-hybridized carbons (Fsp3) is 0.308. The summed E-state index contributed by atoms with van der Waals surface area (Å²) >= 11 is 0. The molecule has 5 rings (SSSR count). The number of ketones is 1. The molecule has 0 atom stereocenters. The van der Waals surface area contributed by atoms with Gasteiger partial charge in [0, 0.05) is 31.5 Å². The van der Waals surface area contributed by atoms with E-state index in [9.17, 15) is 9.59 Å². The van der Waals surface area contributed by atoms with Crippen LogP contribution in [0.1, 0.15) is 51.1 Å². The second-order valence-electron chi connectivity index (χ2n) is 8.64. The highest BCUT2D eigenvalue weighted by molar-refractivity contribution is 6.07. The molecule has 1 fully saturated rings. The maximum absolute atomic E-state index is 13.2. The molecule has 30 heavy (non-hydrogen) atoms. The second-order valence-corrected chi connectivity index (χ2v) is 8.64. The minimum Gasteiger partial charge on any atom is -0.486 e. The van der Waals surface area contributed by atoms with Crippen LogP contribution >= 0.6 is 0 Å². The lowest BCUT2D eigenvalue weighted by molar-refractivity contribution is -0.00570. The standard InChI is InChI=1S/C26H25NO3/c1-17-14-22-23(28)16-26(30-24(22)15-18(17)2)10-12-27(13-11-26)25(29)21-9-5-7-19-6-3-4-8-20(19)21/h3-9,14-15H,10-13,16H2,1-2H3. The zero-order chi connectivity index (χ0) is 20.9. The molecule has 0 N–H and O–H groups in total. The lowest BCUT2D eigenvalue weighted by atomic mass is 9.81. The third kappa shape index (κ3) is 3.07. The van der Waals surface area contributed by atoms with Crippen molar-refractivity contribution in [2.24, 2.45) is 0 Å². The molecule has 2 aliphatic heterocycles. The molecule has 3 aromatic carbocycles. The first-order chi connectivity index (χ1) is 14.5. The average molecular weight is 399 g/mol. The zero-order valence-corrected chi connectivity index (χ0v) is 17.4. The number of hydrogen-bond donors (Lipinski definition) is 0. The maximum atomic E-state index is 13.2. The molecule has 0 bridgehead atoms. The Hall–Kier alpha value is -3.14. The van der Waals surface area contributed by atoms with Crippen LogP contribution in [0, 0.1) is 13.8 Å². The number of aryl methyl sites for hydroxylation is 2. The van der Waals surface area contributed by atoms with Gasteiger partial charge in [-0.1, -0.05) is 36.4 Å². The summed E-state index contributed by atoms with van der Waals surface area (Å²) in [6.07, 6.45) is 1.72. The van der Waals surface area contributed by atoms with Crippen molar-refractivity contribution in [3.63, 3.8) is 0 Å². The summed E-state index contributed by atoms with van der Waals surface area (Å²) in [4.78, 5) is 28.0. The van der Waals surface area contributed by atoms with Gasteiger partial charge in [0.25, 0.3) is 5.91 Å². The summed E-state index contributed by atoms with van der Waals surface area (Å²) in [6.45, 7) is 5.24. The van der Waals surface area contributed by atoms with Crippen LogP contribution in [-0.4, -0.2) is 35.3 Å². The summed E-state index contributed by atoms with van der Waals surface area (Å²) in [5, 5.41) is 2.05. The van der Waals surface area contributed by atoms with Gasteiger partial charge in [0.05, 0.1) is 12.0 Å². The highest BCUT2D eigenvalue weighted by Gasteiger charge is 2.44. The van der Waals surface area contributed by atoms with Gasteiger partial charge in [0.15, 0.2) is 5.78 Å². The van der Waals surface area contributed by atoms with E-state index >= 15 is 0 Å². The van der Waals surface area contributed by atoms with Gasteiger partial charge in [-0.05, 0) is 53.9 Å². The van der Waals surface area contributed by atoms with Crippen LogP contribution in [0.2, 0.25) is 0 Å². The molecular formula is C26H25NO3. The largest absolute Gasteiger partial charge is 0.486 e. The SMILES string of the molecule is Cc1cc2c(cc1C)C(=O)CC1(CCN(C(=O)c3cccc4ccccc34)CC1)O2. The van der Waals surface area contributed by atoms with Gasteiger partial charge in [-0.3, -0.25) is 9.59 Å². The Bertz CT molecular complexity index is 1170. The number of piperidine rings is 1. The fourth-order valence-electron chi connectivity index (χ4n) is 4.73. The number of ether oxygens (including phenoxy) is 1. The Morgan fingerprint density at radius 2 is 1.67 bits per heavy atom. The topological polar surface area (TPSA) is 46.6 Å². The van der Waals surface area contributed by atoms with Crippen LogP contribution in [0.15, 0.2) is 54.6 Å². The van der Waals surface area contributed by atoms with Crippen LogP contribution in [0.4, 0.5) is 0 Å². The molecule has 0 aromatic heterocycles. The smallest absolute Gasteiger partial charge is 0.254 e. The zero-order valence-electron chi connectivity index (χ0n) is 17.4.